The third kappa shape index (κ3) is 4.95. The molecule has 1 amide bonds. The molecule has 1 aromatic rings. The monoisotopic (exact) mass is 226 g/mol. The van der Waals surface area contributed by atoms with Crippen molar-refractivity contribution < 1.29 is 4.79 Å². The van der Waals surface area contributed by atoms with E-state index in [2.05, 4.69) is 24.4 Å². The predicted molar refractivity (Wildman–Crippen MR) is 64.1 cm³/mol. The number of amides is 1. The molecule has 4 heteroatoms. The summed E-state index contributed by atoms with van der Waals surface area (Å²) in [7, 11) is 0. The molecule has 3 nitrogen and oxygen atoms in total. The molecule has 0 bridgehead atoms. The maximum atomic E-state index is 11.2. The van der Waals surface area contributed by atoms with E-state index in [-0.39, 0.29) is 5.91 Å². The van der Waals surface area contributed by atoms with Gasteiger partial charge in [0.15, 0.2) is 0 Å². The third-order valence-electron chi connectivity index (χ3n) is 2.09. The van der Waals surface area contributed by atoms with Crippen LogP contribution in [0, 0.1) is 6.92 Å². The predicted octanol–water partition coefficient (Wildman–Crippen LogP) is 1.45. The molecule has 1 rings (SSSR count). The van der Waals surface area contributed by atoms with Crippen LogP contribution in [0.3, 0.4) is 0 Å². The lowest BCUT2D eigenvalue weighted by atomic mass is 10.2. The van der Waals surface area contributed by atoms with Gasteiger partial charge in [-0.2, -0.15) is 0 Å². The highest BCUT2D eigenvalue weighted by atomic mass is 32.1. The van der Waals surface area contributed by atoms with Gasteiger partial charge in [0.2, 0.25) is 5.91 Å². The van der Waals surface area contributed by atoms with Crippen LogP contribution in [0.25, 0.3) is 0 Å². The Morgan fingerprint density at radius 1 is 1.53 bits per heavy atom. The summed E-state index contributed by atoms with van der Waals surface area (Å²) < 4.78 is 0. The van der Waals surface area contributed by atoms with Gasteiger partial charge in [0.05, 0.1) is 0 Å². The van der Waals surface area contributed by atoms with E-state index in [9.17, 15) is 4.79 Å². The minimum atomic E-state index is 0.105. The topological polar surface area (TPSA) is 55.1 Å². The third-order valence-corrected chi connectivity index (χ3v) is 3.15. The van der Waals surface area contributed by atoms with Crippen molar-refractivity contribution in [2.24, 2.45) is 5.73 Å². The Balaban J connectivity index is 2.13. The zero-order valence-corrected chi connectivity index (χ0v) is 9.90. The molecule has 0 atom stereocenters. The number of aryl methyl sites for hydroxylation is 2. The van der Waals surface area contributed by atoms with Crippen molar-refractivity contribution in [2.75, 3.05) is 13.1 Å². The van der Waals surface area contributed by atoms with E-state index in [1.807, 2.05) is 0 Å². The molecule has 1 aromatic heterocycles. The van der Waals surface area contributed by atoms with Crippen molar-refractivity contribution in [3.8, 4) is 0 Å². The molecule has 0 spiro atoms. The van der Waals surface area contributed by atoms with Crippen LogP contribution in [-0.2, 0) is 11.2 Å². The molecule has 0 saturated carbocycles. The molecule has 0 saturated heterocycles. The Morgan fingerprint density at radius 3 is 2.93 bits per heavy atom. The summed E-state index contributed by atoms with van der Waals surface area (Å²) in [6.45, 7) is 3.19. The summed E-state index contributed by atoms with van der Waals surface area (Å²) in [5.41, 5.74) is 5.29. The second-order valence-electron chi connectivity index (χ2n) is 3.50. The van der Waals surface area contributed by atoms with Gasteiger partial charge in [0, 0.05) is 29.3 Å². The zero-order chi connectivity index (χ0) is 11.1. The Hall–Kier alpha value is -0.870. The standard InChI is InChI=1S/C11H18N2OS/c1-9-5-6-10(15-9)3-2-4-11(14)13-8-7-12/h5-6H,2-4,7-8,12H2,1H3,(H,13,14). The van der Waals surface area contributed by atoms with Crippen molar-refractivity contribution in [3.05, 3.63) is 21.9 Å². The van der Waals surface area contributed by atoms with Crippen molar-refractivity contribution in [1.29, 1.82) is 0 Å². The average molecular weight is 226 g/mol. The number of hydrogen-bond acceptors (Lipinski definition) is 3. The fourth-order valence-electron chi connectivity index (χ4n) is 1.34. The molecular formula is C11H18N2OS. The lowest BCUT2D eigenvalue weighted by Crippen LogP contribution is -2.28. The number of nitrogens with one attached hydrogen (secondary N) is 1. The molecule has 1 heterocycles. The second-order valence-corrected chi connectivity index (χ2v) is 4.88. The van der Waals surface area contributed by atoms with E-state index in [0.29, 0.717) is 19.5 Å². The minimum Gasteiger partial charge on any atom is -0.355 e. The van der Waals surface area contributed by atoms with Gasteiger partial charge in [-0.05, 0) is 31.9 Å². The Kier molecular flexibility index (Phi) is 5.36. The summed E-state index contributed by atoms with van der Waals surface area (Å²) >= 11 is 1.81. The van der Waals surface area contributed by atoms with E-state index in [4.69, 9.17) is 5.73 Å². The smallest absolute Gasteiger partial charge is 0.220 e. The van der Waals surface area contributed by atoms with E-state index in [1.54, 1.807) is 11.3 Å². The second kappa shape index (κ2) is 6.58. The summed E-state index contributed by atoms with van der Waals surface area (Å²) in [5.74, 6) is 0.105. The molecule has 0 aliphatic carbocycles. The van der Waals surface area contributed by atoms with Crippen LogP contribution >= 0.6 is 11.3 Å². The van der Waals surface area contributed by atoms with Crippen molar-refractivity contribution in [1.82, 2.24) is 5.32 Å². The number of thiophene rings is 1. The lowest BCUT2D eigenvalue weighted by Gasteiger charge is -2.02. The van der Waals surface area contributed by atoms with Crippen LogP contribution in [0.1, 0.15) is 22.6 Å². The Labute approximate surface area is 94.7 Å². The average Bonchev–Trinajstić information content (AvgIpc) is 2.61. The molecule has 3 N–H and O–H groups in total. The van der Waals surface area contributed by atoms with Gasteiger partial charge in [-0.3, -0.25) is 4.79 Å². The summed E-state index contributed by atoms with van der Waals surface area (Å²) in [6.07, 6.45) is 2.50. The number of nitrogens with two attached hydrogens (primary N) is 1. The minimum absolute atomic E-state index is 0.105. The molecule has 15 heavy (non-hydrogen) atoms. The Bertz CT molecular complexity index is 309. The number of rotatable bonds is 6. The fourth-order valence-corrected chi connectivity index (χ4v) is 2.27. The first kappa shape index (κ1) is 12.2. The van der Waals surface area contributed by atoms with Gasteiger partial charge in [0.25, 0.3) is 0 Å². The number of carbonyl (C=O) groups is 1. The van der Waals surface area contributed by atoms with Gasteiger partial charge >= 0.3 is 0 Å². The van der Waals surface area contributed by atoms with E-state index in [1.165, 1.54) is 9.75 Å². The van der Waals surface area contributed by atoms with Crippen LogP contribution in [0.15, 0.2) is 12.1 Å². The van der Waals surface area contributed by atoms with Crippen LogP contribution in [0.2, 0.25) is 0 Å². The van der Waals surface area contributed by atoms with Gasteiger partial charge in [-0.15, -0.1) is 11.3 Å². The van der Waals surface area contributed by atoms with Crippen molar-refractivity contribution in [2.45, 2.75) is 26.2 Å². The zero-order valence-electron chi connectivity index (χ0n) is 9.08. The SMILES string of the molecule is Cc1ccc(CCCC(=O)NCCN)s1. The Morgan fingerprint density at radius 2 is 2.33 bits per heavy atom. The van der Waals surface area contributed by atoms with Crippen molar-refractivity contribution >= 4 is 17.2 Å². The molecule has 0 aliphatic heterocycles. The first-order valence-corrected chi connectivity index (χ1v) is 6.06. The normalized spacial score (nSPS) is 10.3. The summed E-state index contributed by atoms with van der Waals surface area (Å²) in [4.78, 5) is 13.9. The molecule has 0 unspecified atom stereocenters. The molecule has 84 valence electrons. The van der Waals surface area contributed by atoms with Crippen LogP contribution in [-0.4, -0.2) is 19.0 Å². The van der Waals surface area contributed by atoms with Crippen LogP contribution < -0.4 is 11.1 Å². The van der Waals surface area contributed by atoms with Crippen LogP contribution in [0.4, 0.5) is 0 Å². The van der Waals surface area contributed by atoms with Gasteiger partial charge in [0.1, 0.15) is 0 Å². The highest BCUT2D eigenvalue weighted by molar-refractivity contribution is 7.11. The van der Waals surface area contributed by atoms with E-state index < -0.39 is 0 Å². The number of carbonyl (C=O) groups excluding carboxylic acids is 1. The van der Waals surface area contributed by atoms with E-state index >= 15 is 0 Å². The molecule has 0 aromatic carbocycles. The maximum Gasteiger partial charge on any atom is 0.220 e. The summed E-state index contributed by atoms with van der Waals surface area (Å²) in [6, 6.07) is 4.26. The molecule has 0 radical (unpaired) electrons. The van der Waals surface area contributed by atoms with Gasteiger partial charge in [-0.1, -0.05) is 0 Å². The number of hydrogen-bond donors (Lipinski definition) is 2. The lowest BCUT2D eigenvalue weighted by molar-refractivity contribution is -0.121. The quantitative estimate of drug-likeness (QED) is 0.771. The maximum absolute atomic E-state index is 11.2. The van der Waals surface area contributed by atoms with Crippen molar-refractivity contribution in [3.63, 3.8) is 0 Å². The van der Waals surface area contributed by atoms with Gasteiger partial charge < -0.3 is 11.1 Å². The van der Waals surface area contributed by atoms with E-state index in [0.717, 1.165) is 12.8 Å². The first-order valence-electron chi connectivity index (χ1n) is 5.24. The first-order chi connectivity index (χ1) is 7.22. The largest absolute Gasteiger partial charge is 0.355 e. The molecule has 0 aliphatic rings. The molecule has 0 fully saturated rings. The highest BCUT2D eigenvalue weighted by Crippen LogP contribution is 2.17. The highest BCUT2D eigenvalue weighted by Gasteiger charge is 2.01. The fraction of sp³-hybridized carbons (Fsp3) is 0.545. The van der Waals surface area contributed by atoms with Crippen LogP contribution in [0.5, 0.6) is 0 Å². The summed E-state index contributed by atoms with van der Waals surface area (Å²) in [5, 5.41) is 2.76. The van der Waals surface area contributed by atoms with Gasteiger partial charge in [-0.25, -0.2) is 0 Å². The molecular weight excluding hydrogens is 208 g/mol.